The van der Waals surface area contributed by atoms with Gasteiger partial charge in [0.05, 0.1) is 0 Å². The summed E-state index contributed by atoms with van der Waals surface area (Å²) in [5, 5.41) is 4.35. The highest BCUT2D eigenvalue weighted by Gasteiger charge is 2.53. The highest BCUT2D eigenvalue weighted by atomic mass is 32.2. The fourth-order valence-corrected chi connectivity index (χ4v) is 4.68. The molecule has 3 fully saturated rings. The van der Waals surface area contributed by atoms with Crippen molar-refractivity contribution in [2.24, 2.45) is 11.3 Å². The van der Waals surface area contributed by atoms with Gasteiger partial charge in [0, 0.05) is 30.6 Å². The van der Waals surface area contributed by atoms with Gasteiger partial charge in [-0.15, -0.1) is 0 Å². The molecule has 3 rings (SSSR count). The molecule has 1 aliphatic carbocycles. The van der Waals surface area contributed by atoms with Gasteiger partial charge in [-0.2, -0.15) is 11.8 Å². The second-order valence-corrected chi connectivity index (χ2v) is 7.50. The minimum absolute atomic E-state index is 0.777. The average Bonchev–Trinajstić information content (AvgIpc) is 2.91. The van der Waals surface area contributed by atoms with E-state index in [1.165, 1.54) is 57.7 Å². The minimum Gasteiger partial charge on any atom is -0.317 e. The van der Waals surface area contributed by atoms with E-state index in [-0.39, 0.29) is 0 Å². The molecule has 2 nitrogen and oxygen atoms in total. The van der Waals surface area contributed by atoms with Crippen molar-refractivity contribution in [2.45, 2.75) is 31.4 Å². The molecule has 2 heterocycles. The van der Waals surface area contributed by atoms with E-state index in [1.807, 2.05) is 0 Å². The van der Waals surface area contributed by atoms with Crippen LogP contribution in [0.25, 0.3) is 0 Å². The minimum atomic E-state index is 0.777. The number of nitrogens with zero attached hydrogens (tertiary/aromatic N) is 1. The molecule has 92 valence electrons. The molecule has 2 atom stereocenters. The van der Waals surface area contributed by atoms with Gasteiger partial charge in [-0.1, -0.05) is 6.92 Å². The molecular weight excluding hydrogens is 216 g/mol. The van der Waals surface area contributed by atoms with E-state index in [0.717, 1.165) is 16.6 Å². The molecule has 1 spiro atoms. The largest absolute Gasteiger partial charge is 0.317 e. The lowest BCUT2D eigenvalue weighted by Crippen LogP contribution is -2.39. The maximum Gasteiger partial charge on any atom is 0.0147 e. The maximum absolute atomic E-state index is 3.49. The summed E-state index contributed by atoms with van der Waals surface area (Å²) in [6.07, 6.45) is 4.40. The first kappa shape index (κ1) is 11.4. The summed E-state index contributed by atoms with van der Waals surface area (Å²) in [7, 11) is 0. The second-order valence-electron chi connectivity index (χ2n) is 5.95. The predicted molar refractivity (Wildman–Crippen MR) is 71.0 cm³/mol. The summed E-state index contributed by atoms with van der Waals surface area (Å²) in [5.41, 5.74) is 0.777. The smallest absolute Gasteiger partial charge is 0.0147 e. The highest BCUT2D eigenvalue weighted by Crippen LogP contribution is 2.58. The lowest BCUT2D eigenvalue weighted by molar-refractivity contribution is 0.236. The van der Waals surface area contributed by atoms with Crippen molar-refractivity contribution in [1.29, 1.82) is 0 Å². The zero-order chi connectivity index (χ0) is 11.0. The lowest BCUT2D eigenvalue weighted by atomic mass is 9.92. The van der Waals surface area contributed by atoms with Crippen molar-refractivity contribution in [1.82, 2.24) is 10.2 Å². The maximum atomic E-state index is 3.49. The Morgan fingerprint density at radius 3 is 2.94 bits per heavy atom. The third-order valence-electron chi connectivity index (χ3n) is 4.76. The lowest BCUT2D eigenvalue weighted by Gasteiger charge is -2.32. The third kappa shape index (κ3) is 2.27. The Bertz CT molecular complexity index is 250. The fourth-order valence-electron chi connectivity index (χ4n) is 3.60. The van der Waals surface area contributed by atoms with Gasteiger partial charge in [0.2, 0.25) is 0 Å². The zero-order valence-electron chi connectivity index (χ0n) is 10.4. The first-order valence-electron chi connectivity index (χ1n) is 6.83. The van der Waals surface area contributed by atoms with Gasteiger partial charge in [0.15, 0.2) is 0 Å². The van der Waals surface area contributed by atoms with Crippen molar-refractivity contribution < 1.29 is 0 Å². The van der Waals surface area contributed by atoms with E-state index < -0.39 is 0 Å². The molecule has 0 aromatic heterocycles. The van der Waals surface area contributed by atoms with Gasteiger partial charge in [0.25, 0.3) is 0 Å². The number of hydrogen-bond donors (Lipinski definition) is 1. The molecule has 1 N–H and O–H groups in total. The summed E-state index contributed by atoms with van der Waals surface area (Å²) >= 11 is 2.14. The van der Waals surface area contributed by atoms with Crippen molar-refractivity contribution in [3.63, 3.8) is 0 Å². The van der Waals surface area contributed by atoms with Gasteiger partial charge >= 0.3 is 0 Å². The van der Waals surface area contributed by atoms with E-state index >= 15 is 0 Å². The summed E-state index contributed by atoms with van der Waals surface area (Å²) in [6, 6.07) is 0. The molecule has 3 heteroatoms. The molecule has 0 aromatic carbocycles. The van der Waals surface area contributed by atoms with Gasteiger partial charge in [-0.05, 0) is 43.7 Å². The molecule has 2 unspecified atom stereocenters. The van der Waals surface area contributed by atoms with Crippen molar-refractivity contribution in [3.05, 3.63) is 0 Å². The van der Waals surface area contributed by atoms with Crippen LogP contribution in [0.1, 0.15) is 26.2 Å². The second kappa shape index (κ2) is 4.51. The Kier molecular flexibility index (Phi) is 3.20. The van der Waals surface area contributed by atoms with Gasteiger partial charge in [-0.3, -0.25) is 0 Å². The van der Waals surface area contributed by atoms with Crippen LogP contribution in [0.3, 0.4) is 0 Å². The van der Waals surface area contributed by atoms with E-state index in [9.17, 15) is 0 Å². The van der Waals surface area contributed by atoms with Gasteiger partial charge < -0.3 is 10.2 Å². The van der Waals surface area contributed by atoms with E-state index in [0.29, 0.717) is 0 Å². The molecule has 1 saturated carbocycles. The molecule has 2 aliphatic heterocycles. The summed E-state index contributed by atoms with van der Waals surface area (Å²) in [6.45, 7) is 8.97. The Morgan fingerprint density at radius 1 is 1.38 bits per heavy atom. The van der Waals surface area contributed by atoms with Crippen LogP contribution in [0, 0.1) is 11.3 Å². The zero-order valence-corrected chi connectivity index (χ0v) is 11.2. The van der Waals surface area contributed by atoms with Crippen LogP contribution in [0.4, 0.5) is 0 Å². The van der Waals surface area contributed by atoms with E-state index in [4.69, 9.17) is 0 Å². The molecule has 3 aliphatic rings. The van der Waals surface area contributed by atoms with E-state index in [2.05, 4.69) is 28.9 Å². The predicted octanol–water partition coefficient (Wildman–Crippen LogP) is 1.81. The normalized spacial score (nSPS) is 38.8. The van der Waals surface area contributed by atoms with Crippen LogP contribution < -0.4 is 5.32 Å². The number of piperidine rings is 1. The Labute approximate surface area is 104 Å². The quantitative estimate of drug-likeness (QED) is 0.792. The summed E-state index contributed by atoms with van der Waals surface area (Å²) < 4.78 is 0. The molecule has 2 saturated heterocycles. The molecule has 0 amide bonds. The van der Waals surface area contributed by atoms with Crippen molar-refractivity contribution in [3.8, 4) is 0 Å². The van der Waals surface area contributed by atoms with Crippen molar-refractivity contribution in [2.75, 3.05) is 38.5 Å². The number of thioether (sulfide) groups is 1. The SMILES string of the molecule is CC1CN(CC2CC23CCNCC3)CCS1. The monoisotopic (exact) mass is 240 g/mol. The summed E-state index contributed by atoms with van der Waals surface area (Å²) in [4.78, 5) is 2.72. The van der Waals surface area contributed by atoms with Crippen LogP contribution in [-0.4, -0.2) is 48.6 Å². The van der Waals surface area contributed by atoms with Crippen LogP contribution in [-0.2, 0) is 0 Å². The standard InChI is InChI=1S/C13H24N2S/c1-11-9-15(6-7-16-11)10-12-8-13(12)2-4-14-5-3-13/h11-12,14H,2-10H2,1H3. The van der Waals surface area contributed by atoms with Crippen LogP contribution in [0.5, 0.6) is 0 Å². The van der Waals surface area contributed by atoms with E-state index in [1.54, 1.807) is 0 Å². The van der Waals surface area contributed by atoms with Crippen LogP contribution >= 0.6 is 11.8 Å². The summed E-state index contributed by atoms with van der Waals surface area (Å²) in [5.74, 6) is 2.38. The van der Waals surface area contributed by atoms with Crippen molar-refractivity contribution >= 4 is 11.8 Å². The van der Waals surface area contributed by atoms with Gasteiger partial charge in [0.1, 0.15) is 0 Å². The Hall–Kier alpha value is 0.270. The average molecular weight is 240 g/mol. The third-order valence-corrected chi connectivity index (χ3v) is 5.90. The molecule has 0 bridgehead atoms. The molecule has 0 radical (unpaired) electrons. The first-order chi connectivity index (χ1) is 7.78. The first-order valence-corrected chi connectivity index (χ1v) is 7.88. The topological polar surface area (TPSA) is 15.3 Å². The molecule has 0 aromatic rings. The number of nitrogens with one attached hydrogen (secondary N) is 1. The number of rotatable bonds is 2. The molecular formula is C13H24N2S. The Balaban J connectivity index is 1.49. The Morgan fingerprint density at radius 2 is 2.19 bits per heavy atom. The highest BCUT2D eigenvalue weighted by molar-refractivity contribution is 7.99. The fraction of sp³-hybridized carbons (Fsp3) is 1.00. The van der Waals surface area contributed by atoms with Gasteiger partial charge in [-0.25, -0.2) is 0 Å². The van der Waals surface area contributed by atoms with Crippen LogP contribution in [0.2, 0.25) is 0 Å². The van der Waals surface area contributed by atoms with Crippen LogP contribution in [0.15, 0.2) is 0 Å². The number of hydrogen-bond acceptors (Lipinski definition) is 3. The molecule has 16 heavy (non-hydrogen) atoms.